The fourth-order valence-electron chi connectivity index (χ4n) is 1.89. The van der Waals surface area contributed by atoms with Crippen molar-refractivity contribution in [3.05, 3.63) is 35.9 Å². The van der Waals surface area contributed by atoms with E-state index in [9.17, 15) is 4.79 Å². The lowest BCUT2D eigenvalue weighted by Crippen LogP contribution is -2.36. The molecule has 0 aromatic heterocycles. The molecule has 1 saturated heterocycles. The highest BCUT2D eigenvalue weighted by atomic mass is 16.6. The van der Waals surface area contributed by atoms with E-state index in [1.165, 1.54) is 0 Å². The van der Waals surface area contributed by atoms with Crippen molar-refractivity contribution < 1.29 is 14.6 Å². The maximum absolute atomic E-state index is 10.9. The van der Waals surface area contributed by atoms with Crippen LogP contribution in [0, 0.1) is 0 Å². The second kappa shape index (κ2) is 3.88. The molecule has 1 aliphatic heterocycles. The van der Waals surface area contributed by atoms with E-state index in [-0.39, 0.29) is 12.1 Å². The highest BCUT2D eigenvalue weighted by molar-refractivity contribution is 5.81. The van der Waals surface area contributed by atoms with E-state index in [0.29, 0.717) is 6.42 Å². The van der Waals surface area contributed by atoms with Crippen LogP contribution in [0.2, 0.25) is 0 Å². The summed E-state index contributed by atoms with van der Waals surface area (Å²) in [6.45, 7) is 1.56. The van der Waals surface area contributed by atoms with Gasteiger partial charge in [-0.3, -0.25) is 0 Å². The average Bonchev–Trinajstić information content (AvgIpc) is 2.94. The first kappa shape index (κ1) is 11.1. The zero-order valence-electron chi connectivity index (χ0n) is 9.09. The summed E-state index contributed by atoms with van der Waals surface area (Å²) in [7, 11) is 0. The predicted octanol–water partition coefficient (Wildman–Crippen LogP) is 0.798. The Bertz CT molecular complexity index is 393. The van der Waals surface area contributed by atoms with Crippen LogP contribution in [-0.2, 0) is 16.0 Å². The second-order valence-electron chi connectivity index (χ2n) is 4.30. The molecule has 86 valence electrons. The molecule has 1 unspecified atom stereocenters. The number of nitrogens with two attached hydrogens (primary N) is 1. The monoisotopic (exact) mass is 221 g/mol. The van der Waals surface area contributed by atoms with Crippen LogP contribution in [0.15, 0.2) is 30.3 Å². The molecular weight excluding hydrogens is 206 g/mol. The van der Waals surface area contributed by atoms with Crippen molar-refractivity contribution in [3.63, 3.8) is 0 Å². The van der Waals surface area contributed by atoms with Crippen molar-refractivity contribution in [2.24, 2.45) is 5.73 Å². The third kappa shape index (κ3) is 1.94. The number of hydrogen-bond acceptors (Lipinski definition) is 3. The Morgan fingerprint density at radius 3 is 2.69 bits per heavy atom. The van der Waals surface area contributed by atoms with Crippen molar-refractivity contribution in [3.8, 4) is 0 Å². The van der Waals surface area contributed by atoms with Gasteiger partial charge in [-0.1, -0.05) is 30.3 Å². The largest absolute Gasteiger partial charge is 0.479 e. The fraction of sp³-hybridized carbons (Fsp3) is 0.417. The van der Waals surface area contributed by atoms with Gasteiger partial charge in [-0.05, 0) is 18.9 Å². The van der Waals surface area contributed by atoms with Crippen molar-refractivity contribution >= 4 is 5.97 Å². The summed E-state index contributed by atoms with van der Waals surface area (Å²) >= 11 is 0. The standard InChI is InChI=1S/C12H15NO3/c1-12(11(14)15)10(16-12)9(13)7-8-5-3-2-4-6-8/h2-6,9-10H,7,13H2,1H3,(H,14,15)/t9-,10+,12?/m1/s1. The van der Waals surface area contributed by atoms with Crippen molar-refractivity contribution in [1.82, 2.24) is 0 Å². The van der Waals surface area contributed by atoms with Crippen LogP contribution in [-0.4, -0.2) is 28.8 Å². The zero-order valence-corrected chi connectivity index (χ0v) is 9.09. The van der Waals surface area contributed by atoms with Crippen LogP contribution in [0.4, 0.5) is 0 Å². The molecule has 0 aliphatic carbocycles. The van der Waals surface area contributed by atoms with Crippen molar-refractivity contribution in [1.29, 1.82) is 0 Å². The van der Waals surface area contributed by atoms with Crippen LogP contribution in [0.5, 0.6) is 0 Å². The highest BCUT2D eigenvalue weighted by Gasteiger charge is 2.61. The number of benzene rings is 1. The molecule has 1 fully saturated rings. The molecule has 1 aliphatic rings. The van der Waals surface area contributed by atoms with E-state index in [2.05, 4.69) is 0 Å². The van der Waals surface area contributed by atoms with Crippen molar-refractivity contribution in [2.45, 2.75) is 31.1 Å². The lowest BCUT2D eigenvalue weighted by atomic mass is 9.97. The number of epoxide rings is 1. The number of carboxylic acid groups (broad SMARTS) is 1. The Morgan fingerprint density at radius 2 is 2.19 bits per heavy atom. The lowest BCUT2D eigenvalue weighted by Gasteiger charge is -2.09. The summed E-state index contributed by atoms with van der Waals surface area (Å²) in [4.78, 5) is 10.9. The van der Waals surface area contributed by atoms with Crippen LogP contribution >= 0.6 is 0 Å². The molecule has 16 heavy (non-hydrogen) atoms. The van der Waals surface area contributed by atoms with Crippen LogP contribution in [0.3, 0.4) is 0 Å². The molecule has 1 aromatic carbocycles. The van der Waals surface area contributed by atoms with Gasteiger partial charge in [0.1, 0.15) is 6.10 Å². The third-order valence-corrected chi connectivity index (χ3v) is 2.99. The summed E-state index contributed by atoms with van der Waals surface area (Å²) in [6.07, 6.45) is 0.249. The molecule has 1 heterocycles. The Morgan fingerprint density at radius 1 is 1.56 bits per heavy atom. The number of carbonyl (C=O) groups is 1. The van der Waals surface area contributed by atoms with Gasteiger partial charge < -0.3 is 15.6 Å². The molecule has 2 rings (SSSR count). The maximum Gasteiger partial charge on any atom is 0.338 e. The third-order valence-electron chi connectivity index (χ3n) is 2.99. The van der Waals surface area contributed by atoms with Crippen LogP contribution in [0.1, 0.15) is 12.5 Å². The molecule has 3 N–H and O–H groups in total. The first-order valence-electron chi connectivity index (χ1n) is 5.25. The van der Waals surface area contributed by atoms with Gasteiger partial charge in [0.15, 0.2) is 5.60 Å². The second-order valence-corrected chi connectivity index (χ2v) is 4.30. The summed E-state index contributed by atoms with van der Waals surface area (Å²) in [5, 5.41) is 8.92. The molecule has 4 heteroatoms. The Hall–Kier alpha value is -1.39. The normalized spacial score (nSPS) is 29.8. The van der Waals surface area contributed by atoms with Gasteiger partial charge >= 0.3 is 5.97 Å². The molecule has 0 bridgehead atoms. The maximum atomic E-state index is 10.9. The predicted molar refractivity (Wildman–Crippen MR) is 59.0 cm³/mol. The Kier molecular flexibility index (Phi) is 2.69. The minimum Gasteiger partial charge on any atom is -0.479 e. The quantitative estimate of drug-likeness (QED) is 0.737. The average molecular weight is 221 g/mol. The minimum atomic E-state index is -1.09. The van der Waals surface area contributed by atoms with Gasteiger partial charge in [0.2, 0.25) is 0 Å². The Balaban J connectivity index is 1.97. The number of carboxylic acids is 1. The molecule has 0 saturated carbocycles. The first-order chi connectivity index (χ1) is 7.54. The zero-order chi connectivity index (χ0) is 11.8. The van der Waals surface area contributed by atoms with Crippen LogP contribution in [0.25, 0.3) is 0 Å². The SMILES string of the molecule is CC1(C(=O)O)O[C@H]1[C@H](N)Cc1ccccc1. The van der Waals surface area contributed by atoms with E-state index in [0.717, 1.165) is 5.56 Å². The van der Waals surface area contributed by atoms with Gasteiger partial charge in [0.25, 0.3) is 0 Å². The molecule has 0 spiro atoms. The summed E-state index contributed by atoms with van der Waals surface area (Å²) in [6, 6.07) is 9.48. The first-order valence-corrected chi connectivity index (χ1v) is 5.25. The van der Waals surface area contributed by atoms with E-state index in [4.69, 9.17) is 15.6 Å². The molecule has 4 nitrogen and oxygen atoms in total. The summed E-state index contributed by atoms with van der Waals surface area (Å²) < 4.78 is 5.18. The molecular formula is C12H15NO3. The fourth-order valence-corrected chi connectivity index (χ4v) is 1.89. The smallest absolute Gasteiger partial charge is 0.338 e. The van der Waals surface area contributed by atoms with E-state index in [1.807, 2.05) is 30.3 Å². The molecule has 3 atom stereocenters. The topological polar surface area (TPSA) is 75.8 Å². The summed E-state index contributed by atoms with van der Waals surface area (Å²) in [5.41, 5.74) is 5.94. The van der Waals surface area contributed by atoms with E-state index < -0.39 is 11.6 Å². The van der Waals surface area contributed by atoms with Crippen LogP contribution < -0.4 is 5.73 Å². The number of rotatable bonds is 4. The Labute approximate surface area is 94.0 Å². The minimum absolute atomic E-state index is 0.275. The van der Waals surface area contributed by atoms with Gasteiger partial charge in [-0.25, -0.2) is 4.79 Å². The van der Waals surface area contributed by atoms with E-state index >= 15 is 0 Å². The molecule has 0 radical (unpaired) electrons. The summed E-state index contributed by atoms with van der Waals surface area (Å²) in [5.74, 6) is -0.944. The van der Waals surface area contributed by atoms with Gasteiger partial charge in [-0.15, -0.1) is 0 Å². The van der Waals surface area contributed by atoms with E-state index in [1.54, 1.807) is 6.92 Å². The van der Waals surface area contributed by atoms with Crippen molar-refractivity contribution in [2.75, 3.05) is 0 Å². The lowest BCUT2D eigenvalue weighted by molar-refractivity contribution is -0.142. The van der Waals surface area contributed by atoms with Gasteiger partial charge in [-0.2, -0.15) is 0 Å². The molecule has 1 aromatic rings. The number of hydrogen-bond donors (Lipinski definition) is 2. The number of aliphatic carboxylic acids is 1. The molecule has 0 amide bonds. The number of ether oxygens (including phenoxy) is 1. The van der Waals surface area contributed by atoms with Gasteiger partial charge in [0, 0.05) is 6.04 Å². The van der Waals surface area contributed by atoms with Gasteiger partial charge in [0.05, 0.1) is 0 Å². The highest BCUT2D eigenvalue weighted by Crippen LogP contribution is 2.38.